The van der Waals surface area contributed by atoms with Crippen LogP contribution in [-0.2, 0) is 0 Å². The molecule has 0 aliphatic heterocycles. The van der Waals surface area contributed by atoms with E-state index in [4.69, 9.17) is 0 Å². The molecule has 0 aliphatic carbocycles. The number of allylic oxidation sites excluding steroid dienone is 1. The number of alkyl halides is 39. The van der Waals surface area contributed by atoms with Crippen LogP contribution < -0.4 is 0 Å². The molecular weight excluding hydrogens is 1180 g/mol. The van der Waals surface area contributed by atoms with Crippen LogP contribution in [0.4, 0.5) is 171 Å². The van der Waals surface area contributed by atoms with Gasteiger partial charge in [0.15, 0.2) is 0 Å². The van der Waals surface area contributed by atoms with Gasteiger partial charge in [-0.3, -0.25) is 0 Å². The summed E-state index contributed by atoms with van der Waals surface area (Å²) in [7, 11) is 0. The van der Waals surface area contributed by atoms with Crippen molar-refractivity contribution < 1.29 is 171 Å². The van der Waals surface area contributed by atoms with Crippen molar-refractivity contribution in [3.63, 3.8) is 0 Å². The third-order valence-corrected chi connectivity index (χ3v) is 24.0. The van der Waals surface area contributed by atoms with Gasteiger partial charge in [-0.15, -0.1) is 0 Å². The monoisotopic (exact) mass is 1200 g/mol. The predicted molar refractivity (Wildman–Crippen MR) is 141 cm³/mol. The normalized spacial score (nSPS) is 16.8. The molecule has 0 aromatic heterocycles. The molecule has 0 atom stereocenters. The number of hydrogen-bond donors (Lipinski definition) is 0. The van der Waals surface area contributed by atoms with Crippen LogP contribution in [0.25, 0.3) is 0 Å². The minimum atomic E-state index is -8.84. The summed E-state index contributed by atoms with van der Waals surface area (Å²) in [6.07, 6.45) is -36.6. The van der Waals surface area contributed by atoms with Gasteiger partial charge in [0.1, 0.15) is 0 Å². The van der Waals surface area contributed by atoms with E-state index in [1.807, 2.05) is 0 Å². The van der Waals surface area contributed by atoms with Crippen molar-refractivity contribution in [3.8, 4) is 0 Å². The van der Waals surface area contributed by atoms with E-state index in [9.17, 15) is 171 Å². The Morgan fingerprint density at radius 1 is 0.239 bits per heavy atom. The van der Waals surface area contributed by atoms with Crippen molar-refractivity contribution in [1.29, 1.82) is 0 Å². The molecule has 67 heavy (non-hydrogen) atoms. The van der Waals surface area contributed by atoms with E-state index in [0.717, 1.165) is 0 Å². The summed E-state index contributed by atoms with van der Waals surface area (Å²) in [6.45, 7) is 2.41. The Morgan fingerprint density at radius 3 is 0.522 bits per heavy atom. The van der Waals surface area contributed by atoms with Gasteiger partial charge in [-0.05, 0) is 0 Å². The Bertz CT molecular complexity index is 1520. The van der Waals surface area contributed by atoms with Crippen molar-refractivity contribution in [2.45, 2.75) is 144 Å². The van der Waals surface area contributed by atoms with Gasteiger partial charge in [0.05, 0.1) is 0 Å². The quantitative estimate of drug-likeness (QED) is 0.0543. The van der Waals surface area contributed by atoms with E-state index >= 15 is 0 Å². The summed E-state index contributed by atoms with van der Waals surface area (Å²) >= 11 is -7.80. The standard InChI is InChI=1S/3C8H4F13.C3H5.Sn/c3*1-2-3(9,10)4(11,12)5(13,14)6(15,16)7(17,18)8(19,20)21;1-3-2;/h3*1-2H2;3H,1-2H2;. The summed E-state index contributed by atoms with van der Waals surface area (Å²) < 4.78 is 519. The SMILES string of the molecule is C=C[CH2][Sn]([CH2]CC(F)(F)C(F)(F)C(F)(F)C(F)(F)C(F)(F)C(F)(F)F)([CH2]CC(F)(F)C(F)(F)C(F)(F)C(F)(F)C(F)(F)C(F)(F)F)[CH2]CC(F)(F)C(F)(F)C(F)(F)C(F)(F)C(F)(F)C(F)(F)F. The molecule has 0 amide bonds. The first kappa shape index (κ1) is 64.8. The minimum absolute atomic E-state index is 0.356. The molecule has 0 N–H and O–H groups in total. The number of halogens is 39. The Balaban J connectivity index is 8.01. The van der Waals surface area contributed by atoms with E-state index in [1.54, 1.807) is 0 Å². The third-order valence-electron chi connectivity index (χ3n) is 9.48. The molecule has 0 bridgehead atoms. The number of hydrogen-bond acceptors (Lipinski definition) is 0. The fraction of sp³-hybridized carbons (Fsp3) is 0.926. The Morgan fingerprint density at radius 2 is 0.388 bits per heavy atom. The van der Waals surface area contributed by atoms with E-state index in [-0.39, 0.29) is 6.08 Å². The summed E-state index contributed by atoms with van der Waals surface area (Å²) in [5.74, 6) is -127. The summed E-state index contributed by atoms with van der Waals surface area (Å²) in [5, 5.41) is 0. The molecule has 0 aromatic carbocycles. The van der Waals surface area contributed by atoms with Crippen LogP contribution >= 0.6 is 0 Å². The van der Waals surface area contributed by atoms with Crippen LogP contribution in [0.1, 0.15) is 19.3 Å². The van der Waals surface area contributed by atoms with E-state index in [1.165, 1.54) is 0 Å². The van der Waals surface area contributed by atoms with Gasteiger partial charge in [-0.1, -0.05) is 0 Å². The zero-order valence-corrected chi connectivity index (χ0v) is 33.3. The molecule has 0 saturated carbocycles. The van der Waals surface area contributed by atoms with Crippen LogP contribution in [0.2, 0.25) is 17.7 Å². The Labute approximate surface area is 347 Å². The fourth-order valence-electron chi connectivity index (χ4n) is 5.13. The molecule has 0 saturated heterocycles. The number of rotatable bonds is 23. The van der Waals surface area contributed by atoms with Crippen LogP contribution in [-0.4, -0.2) is 126 Å². The van der Waals surface area contributed by atoms with Gasteiger partial charge in [0.2, 0.25) is 0 Å². The molecule has 0 spiro atoms. The van der Waals surface area contributed by atoms with Crippen molar-refractivity contribution in [2.24, 2.45) is 0 Å². The first-order valence-corrected chi connectivity index (χ1v) is 24.0. The van der Waals surface area contributed by atoms with Crippen molar-refractivity contribution in [2.75, 3.05) is 0 Å². The molecule has 40 heteroatoms. The van der Waals surface area contributed by atoms with Crippen LogP contribution in [0.15, 0.2) is 12.7 Å². The second-order valence-electron chi connectivity index (χ2n) is 14.0. The van der Waals surface area contributed by atoms with Gasteiger partial charge in [-0.25, -0.2) is 0 Å². The average Bonchev–Trinajstić information content (AvgIpc) is 3.09. The van der Waals surface area contributed by atoms with Gasteiger partial charge in [0, 0.05) is 0 Å². The van der Waals surface area contributed by atoms with E-state index in [0.29, 0.717) is 0 Å². The van der Waals surface area contributed by atoms with Gasteiger partial charge < -0.3 is 0 Å². The second-order valence-corrected chi connectivity index (χ2v) is 28.0. The van der Waals surface area contributed by atoms with Crippen molar-refractivity contribution in [1.82, 2.24) is 0 Å². The zero-order valence-electron chi connectivity index (χ0n) is 30.5. The molecule has 0 unspecified atom stereocenters. The molecule has 0 heterocycles. The molecule has 0 nitrogen and oxygen atoms in total. The molecule has 0 aromatic rings. The van der Waals surface area contributed by atoms with Crippen molar-refractivity contribution in [3.05, 3.63) is 12.7 Å². The summed E-state index contributed by atoms with van der Waals surface area (Å²) in [6, 6.07) is 0. The molecule has 0 radical (unpaired) electrons. The van der Waals surface area contributed by atoms with E-state index < -0.39 is 163 Å². The van der Waals surface area contributed by atoms with E-state index in [2.05, 4.69) is 6.58 Å². The Hall–Kier alpha value is -2.19. The van der Waals surface area contributed by atoms with Gasteiger partial charge in [0.25, 0.3) is 0 Å². The Kier molecular flexibility index (Phi) is 17.0. The summed E-state index contributed by atoms with van der Waals surface area (Å²) in [4.78, 5) is 0. The second kappa shape index (κ2) is 17.5. The molecular formula is C27H17F39Sn. The van der Waals surface area contributed by atoms with Crippen LogP contribution in [0, 0.1) is 0 Å². The maximum atomic E-state index is 14.7. The summed E-state index contributed by atoms with van der Waals surface area (Å²) in [5.41, 5.74) is 0. The van der Waals surface area contributed by atoms with Crippen LogP contribution in [0.3, 0.4) is 0 Å². The van der Waals surface area contributed by atoms with Crippen LogP contribution in [0.5, 0.6) is 0 Å². The molecule has 0 rings (SSSR count). The molecule has 0 fully saturated rings. The third kappa shape index (κ3) is 9.79. The first-order valence-electron chi connectivity index (χ1n) is 15.9. The zero-order chi connectivity index (χ0) is 55.2. The van der Waals surface area contributed by atoms with Gasteiger partial charge >= 0.3 is 347 Å². The fourth-order valence-corrected chi connectivity index (χ4v) is 18.0. The molecule has 402 valence electrons. The first-order chi connectivity index (χ1) is 28.4. The topological polar surface area (TPSA) is 0 Å². The van der Waals surface area contributed by atoms with Gasteiger partial charge in [-0.2, -0.15) is 0 Å². The predicted octanol–water partition coefficient (Wildman–Crippen LogP) is 16.0. The molecule has 0 aliphatic rings. The van der Waals surface area contributed by atoms with Crippen molar-refractivity contribution >= 4 is 18.4 Å². The maximum absolute atomic E-state index is 14.7. The average molecular weight is 1200 g/mol.